The lowest BCUT2D eigenvalue weighted by atomic mass is 9.83. The van der Waals surface area contributed by atoms with E-state index in [9.17, 15) is 8.42 Å². The molecule has 2 rings (SSSR count). The van der Waals surface area contributed by atoms with E-state index < -0.39 is 9.84 Å². The van der Waals surface area contributed by atoms with Crippen molar-refractivity contribution in [3.8, 4) is 0 Å². The Labute approximate surface area is 97.9 Å². The van der Waals surface area contributed by atoms with Crippen LogP contribution in [0.15, 0.2) is 0 Å². The van der Waals surface area contributed by atoms with Crippen molar-refractivity contribution in [1.29, 1.82) is 0 Å². The maximum Gasteiger partial charge on any atom is 0.152 e. The van der Waals surface area contributed by atoms with E-state index in [1.165, 1.54) is 25.7 Å². The monoisotopic (exact) mass is 246 g/mol. The Kier molecular flexibility index (Phi) is 3.56. The summed E-state index contributed by atoms with van der Waals surface area (Å²) < 4.78 is 22.9. The first kappa shape index (κ1) is 12.3. The first-order chi connectivity index (χ1) is 7.55. The molecule has 1 saturated carbocycles. The van der Waals surface area contributed by atoms with Gasteiger partial charge in [0.2, 0.25) is 0 Å². The van der Waals surface area contributed by atoms with Gasteiger partial charge in [0.05, 0.1) is 11.5 Å². The van der Waals surface area contributed by atoms with Crippen molar-refractivity contribution in [2.75, 3.05) is 24.6 Å². The summed E-state index contributed by atoms with van der Waals surface area (Å²) in [6.07, 6.45) is 5.89. The van der Waals surface area contributed by atoms with Crippen molar-refractivity contribution in [3.63, 3.8) is 0 Å². The first-order valence-electron chi connectivity index (χ1n) is 6.21. The summed E-state index contributed by atoms with van der Waals surface area (Å²) in [6.45, 7) is 1.34. The van der Waals surface area contributed by atoms with Crippen LogP contribution in [-0.4, -0.2) is 38.6 Å². The molecule has 2 aliphatic rings. The molecule has 0 radical (unpaired) electrons. The number of hydrogen-bond donors (Lipinski definition) is 2. The Morgan fingerprint density at radius 3 is 2.56 bits per heavy atom. The molecule has 94 valence electrons. The van der Waals surface area contributed by atoms with E-state index in [-0.39, 0.29) is 11.3 Å². The van der Waals surface area contributed by atoms with Gasteiger partial charge in [0.25, 0.3) is 0 Å². The largest absolute Gasteiger partial charge is 0.329 e. The zero-order valence-electron chi connectivity index (χ0n) is 9.74. The second kappa shape index (κ2) is 4.63. The van der Waals surface area contributed by atoms with Crippen LogP contribution < -0.4 is 11.1 Å². The van der Waals surface area contributed by atoms with Crippen LogP contribution in [0.4, 0.5) is 0 Å². The normalized spacial score (nSPS) is 33.8. The number of nitrogens with one attached hydrogen (secondary N) is 1. The van der Waals surface area contributed by atoms with Gasteiger partial charge >= 0.3 is 0 Å². The minimum absolute atomic E-state index is 0.223. The lowest BCUT2D eigenvalue weighted by Gasteiger charge is -2.30. The van der Waals surface area contributed by atoms with Crippen LogP contribution in [0.1, 0.15) is 32.1 Å². The molecule has 0 aromatic rings. The maximum absolute atomic E-state index is 11.5. The number of hydrogen-bond acceptors (Lipinski definition) is 4. The van der Waals surface area contributed by atoms with Crippen LogP contribution in [-0.2, 0) is 9.84 Å². The summed E-state index contributed by atoms with van der Waals surface area (Å²) in [5.74, 6) is 1.38. The molecule has 1 atom stereocenters. The molecular formula is C11H22N2O2S. The van der Waals surface area contributed by atoms with Crippen LogP contribution in [0.3, 0.4) is 0 Å². The highest BCUT2D eigenvalue weighted by Crippen LogP contribution is 2.29. The highest BCUT2D eigenvalue weighted by molar-refractivity contribution is 7.91. The zero-order valence-corrected chi connectivity index (χ0v) is 10.6. The van der Waals surface area contributed by atoms with Gasteiger partial charge in [-0.1, -0.05) is 19.3 Å². The Morgan fingerprint density at radius 1 is 1.38 bits per heavy atom. The van der Waals surface area contributed by atoms with Crippen LogP contribution in [0.25, 0.3) is 0 Å². The van der Waals surface area contributed by atoms with E-state index in [1.54, 1.807) is 0 Å². The second-order valence-electron chi connectivity index (χ2n) is 5.34. The number of rotatable bonds is 5. The van der Waals surface area contributed by atoms with Gasteiger partial charge in [0.1, 0.15) is 0 Å². The third-order valence-corrected chi connectivity index (χ3v) is 5.87. The Hall–Kier alpha value is -0.130. The Balaban J connectivity index is 1.80. The highest BCUT2D eigenvalue weighted by atomic mass is 32.2. The van der Waals surface area contributed by atoms with Gasteiger partial charge in [0.15, 0.2) is 9.84 Å². The fourth-order valence-electron chi connectivity index (χ4n) is 2.61. The van der Waals surface area contributed by atoms with Crippen molar-refractivity contribution < 1.29 is 8.42 Å². The lowest BCUT2D eigenvalue weighted by Crippen LogP contribution is -2.52. The van der Waals surface area contributed by atoms with Crippen molar-refractivity contribution in [2.24, 2.45) is 11.7 Å². The topological polar surface area (TPSA) is 72.2 Å². The van der Waals surface area contributed by atoms with E-state index in [1.807, 2.05) is 0 Å². The van der Waals surface area contributed by atoms with Crippen molar-refractivity contribution in [2.45, 2.75) is 37.6 Å². The van der Waals surface area contributed by atoms with Gasteiger partial charge in [-0.2, -0.15) is 0 Å². The molecular weight excluding hydrogens is 224 g/mol. The summed E-state index contributed by atoms with van der Waals surface area (Å²) in [5.41, 5.74) is 5.40. The van der Waals surface area contributed by atoms with Crippen molar-refractivity contribution in [1.82, 2.24) is 5.32 Å². The predicted molar refractivity (Wildman–Crippen MR) is 65.0 cm³/mol. The van der Waals surface area contributed by atoms with E-state index >= 15 is 0 Å². The number of sulfone groups is 1. The second-order valence-corrected chi connectivity index (χ2v) is 7.52. The lowest BCUT2D eigenvalue weighted by molar-refractivity contribution is 0.272. The summed E-state index contributed by atoms with van der Waals surface area (Å²) in [4.78, 5) is 0. The predicted octanol–water partition coefficient (Wildman–Crippen LogP) is 0.282. The van der Waals surface area contributed by atoms with E-state index in [4.69, 9.17) is 5.73 Å². The quantitative estimate of drug-likeness (QED) is 0.731. The molecule has 2 fully saturated rings. The molecule has 16 heavy (non-hydrogen) atoms. The average Bonchev–Trinajstić information content (AvgIpc) is 2.47. The molecule has 0 spiro atoms. The fraction of sp³-hybridized carbons (Fsp3) is 1.00. The first-order valence-corrected chi connectivity index (χ1v) is 8.03. The van der Waals surface area contributed by atoms with Crippen LogP contribution in [0.2, 0.25) is 0 Å². The van der Waals surface area contributed by atoms with Gasteiger partial charge in [0, 0.05) is 12.1 Å². The Morgan fingerprint density at radius 2 is 2.12 bits per heavy atom. The molecule has 0 bridgehead atoms. The number of nitrogens with two attached hydrogens (primary N) is 1. The van der Waals surface area contributed by atoms with E-state index in [0.29, 0.717) is 18.7 Å². The molecule has 4 nitrogen and oxygen atoms in total. The highest BCUT2D eigenvalue weighted by Gasteiger charge is 2.40. The van der Waals surface area contributed by atoms with Crippen molar-refractivity contribution in [3.05, 3.63) is 0 Å². The van der Waals surface area contributed by atoms with Crippen LogP contribution in [0, 0.1) is 5.92 Å². The van der Waals surface area contributed by atoms with Crippen molar-refractivity contribution >= 4 is 9.84 Å². The SMILES string of the molecule is NCC1(NCCC2CCC2)CCS(=O)(=O)C1. The summed E-state index contributed by atoms with van der Waals surface area (Å²) in [7, 11) is -2.85. The molecule has 0 aromatic carbocycles. The van der Waals surface area contributed by atoms with Crippen LogP contribution >= 0.6 is 0 Å². The molecule has 1 unspecified atom stereocenters. The van der Waals surface area contributed by atoms with Gasteiger partial charge in [-0.3, -0.25) is 0 Å². The molecule has 0 aromatic heterocycles. The molecule has 1 aliphatic carbocycles. The standard InChI is InChI=1S/C11H22N2O2S/c12-8-11(5-7-16(14,15)9-11)13-6-4-10-2-1-3-10/h10,13H,1-9,12H2. The molecule has 0 amide bonds. The van der Waals surface area contributed by atoms with E-state index in [2.05, 4.69) is 5.32 Å². The third-order valence-electron chi connectivity index (χ3n) is 4.06. The average molecular weight is 246 g/mol. The summed E-state index contributed by atoms with van der Waals surface area (Å²) in [6, 6.07) is 0. The summed E-state index contributed by atoms with van der Waals surface area (Å²) in [5, 5.41) is 3.40. The molecule has 1 heterocycles. The minimum Gasteiger partial charge on any atom is -0.329 e. The van der Waals surface area contributed by atoms with E-state index in [0.717, 1.165) is 12.5 Å². The van der Waals surface area contributed by atoms with Gasteiger partial charge < -0.3 is 11.1 Å². The van der Waals surface area contributed by atoms with Gasteiger partial charge in [-0.05, 0) is 25.3 Å². The summed E-state index contributed by atoms with van der Waals surface area (Å²) >= 11 is 0. The minimum atomic E-state index is -2.85. The fourth-order valence-corrected chi connectivity index (χ4v) is 4.66. The molecule has 3 N–H and O–H groups in total. The zero-order chi connectivity index (χ0) is 11.6. The van der Waals surface area contributed by atoms with Gasteiger partial charge in [-0.25, -0.2) is 8.42 Å². The molecule has 1 saturated heterocycles. The smallest absolute Gasteiger partial charge is 0.152 e. The molecule has 1 aliphatic heterocycles. The third kappa shape index (κ3) is 2.76. The maximum atomic E-state index is 11.5. The molecule has 5 heteroatoms. The van der Waals surface area contributed by atoms with Gasteiger partial charge in [-0.15, -0.1) is 0 Å². The van der Waals surface area contributed by atoms with Crippen LogP contribution in [0.5, 0.6) is 0 Å². The Bertz CT molecular complexity index is 338.